The fourth-order valence-corrected chi connectivity index (χ4v) is 1.27. The Hall–Kier alpha value is 0.460. The lowest BCUT2D eigenvalue weighted by Gasteiger charge is -2.07. The summed E-state index contributed by atoms with van der Waals surface area (Å²) < 4.78 is 14.5. The van der Waals surface area contributed by atoms with E-state index in [9.17, 15) is 4.57 Å². The molecule has 0 saturated heterocycles. The maximum absolute atomic E-state index is 10.0. The minimum Gasteiger partial charge on any atom is -0.326 e. The van der Waals surface area contributed by atoms with Gasteiger partial charge in [-0.15, -0.1) is 0 Å². The fourth-order valence-electron chi connectivity index (χ4n) is 0.422. The molecule has 0 saturated carbocycles. The third-order valence-corrected chi connectivity index (χ3v) is 2.01. The van der Waals surface area contributed by atoms with E-state index in [1.165, 1.54) is 0 Å². The van der Waals surface area contributed by atoms with Gasteiger partial charge < -0.3 is 10.6 Å². The van der Waals surface area contributed by atoms with Crippen molar-refractivity contribution < 1.29 is 14.0 Å². The van der Waals surface area contributed by atoms with Crippen molar-refractivity contribution in [2.75, 3.05) is 12.0 Å². The summed E-state index contributed by atoms with van der Waals surface area (Å²) in [7, 11) is -2.85. The number of rotatable bonds is 5. The van der Waals surface area contributed by atoms with Gasteiger partial charge in [-0.1, -0.05) is 0 Å². The van der Waals surface area contributed by atoms with Crippen LogP contribution in [0.4, 0.5) is 0 Å². The van der Waals surface area contributed by atoms with E-state index in [4.69, 9.17) is 10.6 Å². The van der Waals surface area contributed by atoms with Crippen molar-refractivity contribution in [3.63, 3.8) is 0 Å². The lowest BCUT2D eigenvalue weighted by atomic mass is 10.4. The third-order valence-electron chi connectivity index (χ3n) is 0.859. The Morgan fingerprint density at radius 1 is 1.90 bits per heavy atom. The van der Waals surface area contributed by atoms with Crippen molar-refractivity contribution in [2.45, 2.75) is 12.6 Å². The number of hydrogen-bond donors (Lipinski definition) is 2. The van der Waals surface area contributed by atoms with Gasteiger partial charge in [0.1, 0.15) is 6.23 Å². The van der Waals surface area contributed by atoms with Crippen LogP contribution in [0.1, 0.15) is 6.42 Å². The third kappa shape index (κ3) is 6.58. The maximum Gasteiger partial charge on any atom is 0.318 e. The molecule has 62 valence electrons. The summed E-state index contributed by atoms with van der Waals surface area (Å²) in [6.07, 6.45) is 1.95. The molecule has 0 spiro atoms. The number of hydrogen-bond acceptors (Lipinski definition) is 4. The van der Waals surface area contributed by atoms with Crippen molar-refractivity contribution in [3.05, 3.63) is 0 Å². The van der Waals surface area contributed by atoms with Crippen molar-refractivity contribution in [3.8, 4) is 0 Å². The first-order chi connectivity index (χ1) is 4.66. The lowest BCUT2D eigenvalue weighted by Crippen LogP contribution is -2.21. The van der Waals surface area contributed by atoms with E-state index < -0.39 is 14.5 Å². The van der Waals surface area contributed by atoms with Gasteiger partial charge in [0.25, 0.3) is 0 Å². The van der Waals surface area contributed by atoms with E-state index in [1.807, 2.05) is 6.26 Å². The number of nitrogens with two attached hydrogens (primary N) is 1. The molecule has 10 heavy (non-hydrogen) atoms. The molecule has 0 aromatic rings. The molecular formula is C4H12NO3PS. The first kappa shape index (κ1) is 10.5. The average Bonchev–Trinajstić information content (AvgIpc) is 1.82. The van der Waals surface area contributed by atoms with Crippen LogP contribution in [-0.2, 0) is 9.09 Å². The summed E-state index contributed by atoms with van der Waals surface area (Å²) >= 11 is 1.62. The van der Waals surface area contributed by atoms with Crippen LogP contribution in [0.25, 0.3) is 0 Å². The minimum absolute atomic E-state index is 0.594. The predicted molar refractivity (Wildman–Crippen MR) is 43.3 cm³/mol. The molecule has 0 radical (unpaired) electrons. The Labute approximate surface area is 65.1 Å². The standard InChI is InChI=1S/C4H12NO3PS/c1-10-3-2-4(5)8-9(6)7/h4,9H,2-3,5H2,1H3,(H,6,7)/t4-/m1/s1. The van der Waals surface area contributed by atoms with Crippen LogP contribution in [0.2, 0.25) is 0 Å². The van der Waals surface area contributed by atoms with Gasteiger partial charge in [0.2, 0.25) is 0 Å². The smallest absolute Gasteiger partial charge is 0.318 e. The van der Waals surface area contributed by atoms with Crippen LogP contribution in [0.3, 0.4) is 0 Å². The molecule has 0 rings (SSSR count). The van der Waals surface area contributed by atoms with E-state index in [2.05, 4.69) is 4.52 Å². The summed E-state index contributed by atoms with van der Waals surface area (Å²) in [5, 5.41) is 0. The Morgan fingerprint density at radius 3 is 2.90 bits per heavy atom. The van der Waals surface area contributed by atoms with Gasteiger partial charge in [-0.3, -0.25) is 9.09 Å². The van der Waals surface area contributed by atoms with Gasteiger partial charge in [-0.25, -0.2) is 0 Å². The highest BCUT2D eigenvalue weighted by Gasteiger charge is 2.03. The molecule has 0 aliphatic heterocycles. The first-order valence-corrected chi connectivity index (χ1v) is 5.46. The summed E-state index contributed by atoms with van der Waals surface area (Å²) in [5.74, 6) is 0.844. The zero-order chi connectivity index (χ0) is 7.98. The van der Waals surface area contributed by atoms with E-state index in [1.54, 1.807) is 11.8 Å². The Balaban J connectivity index is 3.25. The molecule has 2 atom stereocenters. The van der Waals surface area contributed by atoms with E-state index in [0.29, 0.717) is 6.42 Å². The van der Waals surface area contributed by atoms with Gasteiger partial charge in [-0.2, -0.15) is 11.8 Å². The highest BCUT2D eigenvalue weighted by molar-refractivity contribution is 7.98. The van der Waals surface area contributed by atoms with Gasteiger partial charge in [0, 0.05) is 0 Å². The number of thioether (sulfide) groups is 1. The zero-order valence-electron chi connectivity index (χ0n) is 5.74. The SMILES string of the molecule is CSCC[C@H](N)O[PH](=O)O. The van der Waals surface area contributed by atoms with E-state index >= 15 is 0 Å². The van der Waals surface area contributed by atoms with Crippen LogP contribution >= 0.6 is 20.0 Å². The van der Waals surface area contributed by atoms with Crippen LogP contribution in [0.5, 0.6) is 0 Å². The van der Waals surface area contributed by atoms with Gasteiger partial charge >= 0.3 is 8.25 Å². The van der Waals surface area contributed by atoms with Crippen LogP contribution in [-0.4, -0.2) is 23.1 Å². The summed E-state index contributed by atoms with van der Waals surface area (Å²) in [6.45, 7) is 0. The Bertz CT molecular complexity index is 113. The summed E-state index contributed by atoms with van der Waals surface area (Å²) in [5.41, 5.74) is 5.29. The normalized spacial score (nSPS) is 16.7. The van der Waals surface area contributed by atoms with Crippen LogP contribution in [0.15, 0.2) is 0 Å². The lowest BCUT2D eigenvalue weighted by molar-refractivity contribution is 0.192. The molecule has 6 heteroatoms. The molecule has 1 unspecified atom stereocenters. The monoisotopic (exact) mass is 185 g/mol. The van der Waals surface area contributed by atoms with Gasteiger partial charge in [0.15, 0.2) is 0 Å². The summed E-state index contributed by atoms with van der Waals surface area (Å²) in [4.78, 5) is 8.26. The molecule has 3 N–H and O–H groups in total. The second-order valence-corrected chi connectivity index (χ2v) is 3.46. The predicted octanol–water partition coefficient (Wildman–Crippen LogP) is 0.423. The minimum atomic E-state index is -2.85. The second-order valence-electron chi connectivity index (χ2n) is 1.70. The quantitative estimate of drug-likeness (QED) is 0.479. The highest BCUT2D eigenvalue weighted by Crippen LogP contribution is 2.17. The van der Waals surface area contributed by atoms with E-state index in [-0.39, 0.29) is 0 Å². The fraction of sp³-hybridized carbons (Fsp3) is 1.00. The Morgan fingerprint density at radius 2 is 2.50 bits per heavy atom. The average molecular weight is 185 g/mol. The largest absolute Gasteiger partial charge is 0.326 e. The van der Waals surface area contributed by atoms with Crippen molar-refractivity contribution >= 4 is 20.0 Å². The van der Waals surface area contributed by atoms with Gasteiger partial charge in [0.05, 0.1) is 0 Å². The molecule has 0 bridgehead atoms. The topological polar surface area (TPSA) is 72.5 Å². The molecule has 4 nitrogen and oxygen atoms in total. The van der Waals surface area contributed by atoms with Gasteiger partial charge in [-0.05, 0) is 18.4 Å². The van der Waals surface area contributed by atoms with Crippen molar-refractivity contribution in [1.29, 1.82) is 0 Å². The first-order valence-electron chi connectivity index (χ1n) is 2.81. The maximum atomic E-state index is 10.0. The zero-order valence-corrected chi connectivity index (χ0v) is 7.56. The molecule has 0 fully saturated rings. The van der Waals surface area contributed by atoms with Crippen LogP contribution < -0.4 is 5.73 Å². The van der Waals surface area contributed by atoms with E-state index in [0.717, 1.165) is 5.75 Å². The molecule has 0 amide bonds. The summed E-state index contributed by atoms with van der Waals surface area (Å²) in [6, 6.07) is 0. The molecular weight excluding hydrogens is 173 g/mol. The molecule has 0 heterocycles. The van der Waals surface area contributed by atoms with Crippen molar-refractivity contribution in [1.82, 2.24) is 0 Å². The second kappa shape index (κ2) is 6.19. The Kier molecular flexibility index (Phi) is 6.47. The van der Waals surface area contributed by atoms with Crippen LogP contribution in [0, 0.1) is 0 Å². The highest BCUT2D eigenvalue weighted by atomic mass is 32.2. The molecule has 0 aliphatic rings. The molecule has 0 aliphatic carbocycles. The van der Waals surface area contributed by atoms with Crippen molar-refractivity contribution in [2.24, 2.45) is 5.73 Å². The molecule has 0 aromatic carbocycles. The molecule has 0 aromatic heterocycles.